The van der Waals surface area contributed by atoms with E-state index in [9.17, 15) is 9.59 Å². The lowest BCUT2D eigenvalue weighted by atomic mass is 10.1. The van der Waals surface area contributed by atoms with E-state index in [1.807, 2.05) is 49.5 Å². The SMILES string of the molecule is CCOC1CN(C(=O)OCc2ccccc2)CC1[NH2+]c1c(CC)nc(-c2ccc(OC)cc2Cl)c(=O)n1C. The van der Waals surface area contributed by atoms with Gasteiger partial charge in [-0.3, -0.25) is 19.6 Å². The van der Waals surface area contributed by atoms with Crippen LogP contribution >= 0.6 is 11.6 Å². The van der Waals surface area contributed by atoms with E-state index in [1.165, 1.54) is 0 Å². The monoisotopic (exact) mass is 541 g/mol. The van der Waals surface area contributed by atoms with Crippen molar-refractivity contribution in [2.24, 2.45) is 7.05 Å². The molecule has 3 aromatic rings. The summed E-state index contributed by atoms with van der Waals surface area (Å²) in [5, 5.41) is 2.39. The average Bonchev–Trinajstić information content (AvgIpc) is 3.33. The lowest BCUT2D eigenvalue weighted by molar-refractivity contribution is -0.621. The molecule has 0 spiro atoms. The van der Waals surface area contributed by atoms with Crippen LogP contribution in [0.1, 0.15) is 25.1 Å². The summed E-state index contributed by atoms with van der Waals surface area (Å²) in [7, 11) is 3.29. The van der Waals surface area contributed by atoms with Gasteiger partial charge in [0.05, 0.1) is 25.2 Å². The van der Waals surface area contributed by atoms with Gasteiger partial charge in [0, 0.05) is 19.2 Å². The lowest BCUT2D eigenvalue weighted by Gasteiger charge is -2.19. The van der Waals surface area contributed by atoms with Crippen molar-refractivity contribution in [3.05, 3.63) is 75.2 Å². The van der Waals surface area contributed by atoms with Crippen molar-refractivity contribution in [2.45, 2.75) is 39.0 Å². The molecule has 38 heavy (non-hydrogen) atoms. The number of aromatic nitrogens is 2. The van der Waals surface area contributed by atoms with Crippen LogP contribution in [-0.2, 0) is 29.5 Å². The van der Waals surface area contributed by atoms with Gasteiger partial charge in [0.15, 0.2) is 0 Å². The smallest absolute Gasteiger partial charge is 0.410 e. The largest absolute Gasteiger partial charge is 0.497 e. The van der Waals surface area contributed by atoms with Crippen molar-refractivity contribution >= 4 is 23.5 Å². The minimum Gasteiger partial charge on any atom is -0.497 e. The third-order valence-electron chi connectivity index (χ3n) is 6.70. The fraction of sp³-hybridized carbons (Fsp3) is 0.393. The Kier molecular flexibility index (Phi) is 9.04. The first-order valence-corrected chi connectivity index (χ1v) is 13.1. The summed E-state index contributed by atoms with van der Waals surface area (Å²) >= 11 is 6.46. The molecule has 4 rings (SSSR count). The van der Waals surface area contributed by atoms with Crippen molar-refractivity contribution in [3.63, 3.8) is 0 Å². The predicted molar refractivity (Wildman–Crippen MR) is 145 cm³/mol. The first-order chi connectivity index (χ1) is 18.4. The molecular formula is C28H34ClN4O5+. The summed E-state index contributed by atoms with van der Waals surface area (Å²) in [6, 6.07) is 14.6. The molecule has 202 valence electrons. The zero-order chi connectivity index (χ0) is 27.2. The molecule has 2 unspecified atom stereocenters. The van der Waals surface area contributed by atoms with Crippen LogP contribution in [-0.4, -0.2) is 59.5 Å². The molecule has 1 fully saturated rings. The number of halogens is 1. The third kappa shape index (κ3) is 6.01. The zero-order valence-electron chi connectivity index (χ0n) is 22.1. The number of benzene rings is 2. The molecule has 2 heterocycles. The second-order valence-electron chi connectivity index (χ2n) is 9.13. The van der Waals surface area contributed by atoms with E-state index in [-0.39, 0.29) is 36.1 Å². The van der Waals surface area contributed by atoms with Gasteiger partial charge in [-0.25, -0.2) is 9.78 Å². The van der Waals surface area contributed by atoms with Crippen LogP contribution in [0.3, 0.4) is 0 Å². The molecule has 2 aromatic carbocycles. The number of quaternary nitrogens is 1. The molecule has 2 atom stereocenters. The van der Waals surface area contributed by atoms with Gasteiger partial charge in [-0.1, -0.05) is 48.9 Å². The summed E-state index contributed by atoms with van der Waals surface area (Å²) in [5.41, 5.74) is 2.26. The van der Waals surface area contributed by atoms with Gasteiger partial charge in [0.1, 0.15) is 35.9 Å². The van der Waals surface area contributed by atoms with Crippen LogP contribution in [0.15, 0.2) is 53.3 Å². The fourth-order valence-corrected chi connectivity index (χ4v) is 4.93. The Hall–Kier alpha value is -3.40. The van der Waals surface area contributed by atoms with Crippen LogP contribution in [0.25, 0.3) is 11.3 Å². The molecular weight excluding hydrogens is 508 g/mol. The number of methoxy groups -OCH3 is 1. The topological polar surface area (TPSA) is 99.5 Å². The molecule has 1 aliphatic heterocycles. The van der Waals surface area contributed by atoms with E-state index < -0.39 is 0 Å². The zero-order valence-corrected chi connectivity index (χ0v) is 22.9. The molecule has 1 aromatic heterocycles. The van der Waals surface area contributed by atoms with Gasteiger partial charge < -0.3 is 14.2 Å². The first kappa shape index (κ1) is 27.6. The van der Waals surface area contributed by atoms with Gasteiger partial charge in [-0.2, -0.15) is 0 Å². The van der Waals surface area contributed by atoms with Gasteiger partial charge in [0.25, 0.3) is 5.56 Å². The fourth-order valence-electron chi connectivity index (χ4n) is 4.67. The third-order valence-corrected chi connectivity index (χ3v) is 7.02. The van der Waals surface area contributed by atoms with Crippen molar-refractivity contribution in [1.82, 2.24) is 14.5 Å². The highest BCUT2D eigenvalue weighted by Gasteiger charge is 2.40. The van der Waals surface area contributed by atoms with Crippen molar-refractivity contribution in [1.29, 1.82) is 0 Å². The summed E-state index contributed by atoms with van der Waals surface area (Å²) in [6.07, 6.45) is -0.00302. The highest BCUT2D eigenvalue weighted by atomic mass is 35.5. The molecule has 0 aliphatic carbocycles. The molecule has 1 amide bonds. The Bertz CT molecular complexity index is 1330. The number of carbonyl (C=O) groups excluding carboxylic acids is 1. The maximum atomic E-state index is 13.4. The van der Waals surface area contributed by atoms with Gasteiger partial charge in [0.2, 0.25) is 5.82 Å². The number of hydrogen-bond acceptors (Lipinski definition) is 6. The van der Waals surface area contributed by atoms with Crippen LogP contribution < -0.4 is 15.6 Å². The molecule has 9 nitrogen and oxygen atoms in total. The Balaban J connectivity index is 1.56. The molecule has 1 aliphatic rings. The number of likely N-dealkylation sites (tertiary alicyclic amines) is 1. The Morgan fingerprint density at radius 2 is 1.92 bits per heavy atom. The minimum atomic E-state index is -0.387. The number of hydrogen-bond donors (Lipinski definition) is 1. The maximum absolute atomic E-state index is 13.4. The standard InChI is InChI=1S/C28H33ClN4O5/c1-5-22-26(32(3)27(34)25(30-22)20-13-12-19(36-4)14-21(20)29)31-23-15-33(16-24(23)37-6-2)28(35)38-17-18-10-8-7-9-11-18/h7-14,23-24,31H,5-6,15-17H2,1-4H3/p+1. The number of aryl methyl sites for hydroxylation is 1. The molecule has 1 saturated heterocycles. The minimum absolute atomic E-state index is 0.132. The van der Waals surface area contributed by atoms with Crippen molar-refractivity contribution < 1.29 is 24.3 Å². The number of nitrogens with zero attached hydrogens (tertiary/aromatic N) is 3. The number of nitrogens with two attached hydrogens (primary N) is 1. The van der Waals surface area contributed by atoms with E-state index in [4.69, 9.17) is 30.8 Å². The summed E-state index contributed by atoms with van der Waals surface area (Å²) < 4.78 is 18.4. The number of ether oxygens (including phenoxy) is 3. The number of amides is 1. The summed E-state index contributed by atoms with van der Waals surface area (Å²) in [4.78, 5) is 32.6. The maximum Gasteiger partial charge on any atom is 0.410 e. The average molecular weight is 542 g/mol. The van der Waals surface area contributed by atoms with Crippen LogP contribution in [0.5, 0.6) is 5.75 Å². The Morgan fingerprint density at radius 3 is 2.58 bits per heavy atom. The lowest BCUT2D eigenvalue weighted by Crippen LogP contribution is -2.89. The van der Waals surface area contributed by atoms with E-state index in [2.05, 4.69) is 0 Å². The van der Waals surface area contributed by atoms with Crippen LogP contribution in [0.2, 0.25) is 5.02 Å². The second kappa shape index (κ2) is 12.4. The summed E-state index contributed by atoms with van der Waals surface area (Å²) in [5.74, 6) is 1.31. The molecule has 0 bridgehead atoms. The number of rotatable bonds is 9. The van der Waals surface area contributed by atoms with E-state index in [0.29, 0.717) is 48.3 Å². The molecule has 0 saturated carbocycles. The van der Waals surface area contributed by atoms with Crippen molar-refractivity contribution in [3.8, 4) is 17.0 Å². The van der Waals surface area contributed by atoms with Crippen LogP contribution in [0.4, 0.5) is 10.6 Å². The highest BCUT2D eigenvalue weighted by molar-refractivity contribution is 6.33. The molecule has 0 radical (unpaired) electrons. The van der Waals surface area contributed by atoms with Gasteiger partial charge in [-0.15, -0.1) is 0 Å². The normalized spacial score (nSPS) is 17.0. The number of carbonyl (C=O) groups is 1. The molecule has 10 heteroatoms. The first-order valence-electron chi connectivity index (χ1n) is 12.7. The van der Waals surface area contributed by atoms with E-state index >= 15 is 0 Å². The predicted octanol–water partition coefficient (Wildman–Crippen LogP) is 3.29. The van der Waals surface area contributed by atoms with Gasteiger partial charge >= 0.3 is 6.09 Å². The quantitative estimate of drug-likeness (QED) is 0.446. The molecule has 2 N–H and O–H groups in total. The van der Waals surface area contributed by atoms with Crippen molar-refractivity contribution in [2.75, 3.05) is 26.8 Å². The summed E-state index contributed by atoms with van der Waals surface area (Å²) in [6.45, 7) is 5.46. The highest BCUT2D eigenvalue weighted by Crippen LogP contribution is 2.29. The van der Waals surface area contributed by atoms with E-state index in [1.54, 1.807) is 41.8 Å². The van der Waals surface area contributed by atoms with E-state index in [0.717, 1.165) is 11.3 Å². The van der Waals surface area contributed by atoms with Crippen LogP contribution in [0, 0.1) is 0 Å². The second-order valence-corrected chi connectivity index (χ2v) is 9.53. The Morgan fingerprint density at radius 1 is 1.16 bits per heavy atom. The Labute approximate surface area is 227 Å². The van der Waals surface area contributed by atoms with Gasteiger partial charge in [-0.05, 0) is 37.1 Å².